The molecule has 0 aliphatic rings. The fraction of sp³-hybridized carbons (Fsp3) is 0.333. The Hall–Kier alpha value is -1.48. The van der Waals surface area contributed by atoms with Gasteiger partial charge < -0.3 is 11.1 Å². The number of thiazole rings is 1. The quantitative estimate of drug-likeness (QED) is 0.747. The van der Waals surface area contributed by atoms with E-state index < -0.39 is 9.84 Å². The summed E-state index contributed by atoms with van der Waals surface area (Å²) >= 11 is 1.40. The van der Waals surface area contributed by atoms with E-state index in [9.17, 15) is 13.2 Å². The maximum Gasteiger partial charge on any atom is 0.271 e. The van der Waals surface area contributed by atoms with E-state index in [1.54, 1.807) is 17.5 Å². The van der Waals surface area contributed by atoms with Gasteiger partial charge in [0.2, 0.25) is 0 Å². The maximum absolute atomic E-state index is 12.1. The second-order valence-electron chi connectivity index (χ2n) is 5.19. The summed E-state index contributed by atoms with van der Waals surface area (Å²) in [7, 11) is -3.13. The van der Waals surface area contributed by atoms with Gasteiger partial charge in [0, 0.05) is 24.6 Å². The van der Waals surface area contributed by atoms with E-state index in [1.165, 1.54) is 17.6 Å². The molecule has 0 unspecified atom stereocenters. The minimum atomic E-state index is -3.13. The number of sulfone groups is 1. The Morgan fingerprint density at radius 2 is 1.96 bits per heavy atom. The summed E-state index contributed by atoms with van der Waals surface area (Å²) in [4.78, 5) is 16.3. The second kappa shape index (κ2) is 9.12. The number of hydrogen-bond donors (Lipinski definition) is 2. The molecule has 6 nitrogen and oxygen atoms in total. The Kier molecular flexibility index (Phi) is 7.82. The van der Waals surface area contributed by atoms with Gasteiger partial charge in [-0.05, 0) is 17.7 Å². The summed E-state index contributed by atoms with van der Waals surface area (Å²) in [5, 5.41) is 5.30. The van der Waals surface area contributed by atoms with Crippen molar-refractivity contribution in [1.29, 1.82) is 0 Å². The molecular weight excluding hydrogens is 370 g/mol. The van der Waals surface area contributed by atoms with Crippen LogP contribution in [0.15, 0.2) is 29.6 Å². The van der Waals surface area contributed by atoms with E-state index in [2.05, 4.69) is 10.3 Å². The van der Waals surface area contributed by atoms with E-state index in [4.69, 9.17) is 5.73 Å². The first-order valence-corrected chi connectivity index (χ1v) is 10.0. The minimum absolute atomic E-state index is 0. The van der Waals surface area contributed by atoms with Gasteiger partial charge in [-0.2, -0.15) is 0 Å². The third-order valence-corrected chi connectivity index (χ3v) is 4.86. The van der Waals surface area contributed by atoms with Crippen LogP contribution in [0.1, 0.15) is 26.6 Å². The molecule has 0 saturated heterocycles. The predicted octanol–water partition coefficient (Wildman–Crippen LogP) is 1.54. The molecule has 0 aliphatic heterocycles. The van der Waals surface area contributed by atoms with Gasteiger partial charge in [0.1, 0.15) is 5.69 Å². The van der Waals surface area contributed by atoms with Crippen molar-refractivity contribution in [1.82, 2.24) is 10.3 Å². The minimum Gasteiger partial charge on any atom is -0.347 e. The molecule has 24 heavy (non-hydrogen) atoms. The summed E-state index contributed by atoms with van der Waals surface area (Å²) < 4.78 is 22.9. The molecule has 2 aromatic rings. The number of halogens is 1. The van der Waals surface area contributed by atoms with Crippen LogP contribution >= 0.6 is 23.7 Å². The first-order valence-electron chi connectivity index (χ1n) is 7.06. The number of nitrogens with zero attached hydrogens (tertiary/aromatic N) is 1. The Balaban J connectivity index is 0.00000288. The van der Waals surface area contributed by atoms with Crippen LogP contribution in [0.2, 0.25) is 0 Å². The van der Waals surface area contributed by atoms with E-state index >= 15 is 0 Å². The zero-order valence-corrected chi connectivity index (χ0v) is 15.6. The number of nitrogens with two attached hydrogens (primary N) is 1. The Bertz CT molecular complexity index is 791. The van der Waals surface area contributed by atoms with Gasteiger partial charge in [-0.15, -0.1) is 23.7 Å². The van der Waals surface area contributed by atoms with E-state index in [0.717, 1.165) is 10.6 Å². The van der Waals surface area contributed by atoms with Gasteiger partial charge in [0.25, 0.3) is 5.91 Å². The molecule has 0 atom stereocenters. The summed E-state index contributed by atoms with van der Waals surface area (Å²) in [5.74, 6) is -0.324. The zero-order chi connectivity index (χ0) is 16.9. The van der Waals surface area contributed by atoms with Gasteiger partial charge in [-0.3, -0.25) is 4.79 Å². The van der Waals surface area contributed by atoms with E-state index in [1.807, 2.05) is 12.1 Å². The summed E-state index contributed by atoms with van der Waals surface area (Å²) in [5.41, 5.74) is 7.30. The van der Waals surface area contributed by atoms with Crippen molar-refractivity contribution in [3.8, 4) is 0 Å². The maximum atomic E-state index is 12.1. The van der Waals surface area contributed by atoms with Crippen molar-refractivity contribution in [3.63, 3.8) is 0 Å². The standard InChI is InChI=1S/C15H19N3O3S2.ClH/c1-23(20,21)10-12-5-3-2-4-11(12)8-17-15(19)13-9-22-14(18-13)6-7-16;/h2-5,9H,6-8,10,16H2,1H3,(H,17,19);1H. The van der Waals surface area contributed by atoms with Crippen molar-refractivity contribution in [2.45, 2.75) is 18.7 Å². The molecule has 1 heterocycles. The highest BCUT2D eigenvalue weighted by molar-refractivity contribution is 7.89. The average molecular weight is 390 g/mol. The van der Waals surface area contributed by atoms with Crippen LogP contribution in [-0.4, -0.2) is 32.1 Å². The van der Waals surface area contributed by atoms with Crippen LogP contribution in [0, 0.1) is 0 Å². The van der Waals surface area contributed by atoms with Gasteiger partial charge in [0.15, 0.2) is 9.84 Å². The number of aromatic nitrogens is 1. The smallest absolute Gasteiger partial charge is 0.271 e. The van der Waals surface area contributed by atoms with Crippen molar-refractivity contribution in [2.24, 2.45) is 5.73 Å². The predicted molar refractivity (Wildman–Crippen MR) is 98.3 cm³/mol. The monoisotopic (exact) mass is 389 g/mol. The second-order valence-corrected chi connectivity index (χ2v) is 8.27. The fourth-order valence-electron chi connectivity index (χ4n) is 2.07. The molecule has 0 bridgehead atoms. The number of benzene rings is 1. The number of nitrogens with one attached hydrogen (secondary N) is 1. The van der Waals surface area contributed by atoms with Gasteiger partial charge in [-0.1, -0.05) is 24.3 Å². The molecule has 0 aliphatic carbocycles. The highest BCUT2D eigenvalue weighted by Gasteiger charge is 2.13. The highest BCUT2D eigenvalue weighted by Crippen LogP contribution is 2.13. The molecule has 0 saturated carbocycles. The molecule has 0 spiro atoms. The molecule has 3 N–H and O–H groups in total. The number of rotatable bonds is 7. The molecular formula is C15H20ClN3O3S2. The highest BCUT2D eigenvalue weighted by atomic mass is 35.5. The summed E-state index contributed by atoms with van der Waals surface area (Å²) in [6.07, 6.45) is 1.84. The van der Waals surface area contributed by atoms with Crippen LogP contribution in [-0.2, 0) is 28.6 Å². The number of amides is 1. The summed E-state index contributed by atoms with van der Waals surface area (Å²) in [6, 6.07) is 7.16. The summed E-state index contributed by atoms with van der Waals surface area (Å²) in [6.45, 7) is 0.752. The fourth-order valence-corrected chi connectivity index (χ4v) is 3.71. The molecule has 2 rings (SSSR count). The van der Waals surface area contributed by atoms with Gasteiger partial charge in [0.05, 0.1) is 10.8 Å². The number of carbonyl (C=O) groups excluding carboxylic acids is 1. The van der Waals surface area contributed by atoms with E-state index in [0.29, 0.717) is 24.2 Å². The number of carbonyl (C=O) groups is 1. The first-order chi connectivity index (χ1) is 10.9. The SMILES string of the molecule is CS(=O)(=O)Cc1ccccc1CNC(=O)c1csc(CCN)n1.Cl. The Labute approximate surface area is 151 Å². The molecule has 132 valence electrons. The molecule has 9 heteroatoms. The lowest BCUT2D eigenvalue weighted by molar-refractivity contribution is 0.0946. The molecule has 1 amide bonds. The van der Waals surface area contributed by atoms with Gasteiger partial charge >= 0.3 is 0 Å². The number of hydrogen-bond acceptors (Lipinski definition) is 6. The van der Waals surface area contributed by atoms with Crippen LogP contribution in [0.5, 0.6) is 0 Å². The third kappa shape index (κ3) is 6.20. The molecule has 1 aromatic heterocycles. The average Bonchev–Trinajstić information content (AvgIpc) is 2.93. The molecule has 1 aromatic carbocycles. The molecule has 0 fully saturated rings. The Morgan fingerprint density at radius 1 is 1.29 bits per heavy atom. The topological polar surface area (TPSA) is 102 Å². The largest absolute Gasteiger partial charge is 0.347 e. The van der Waals surface area contributed by atoms with Crippen LogP contribution in [0.3, 0.4) is 0 Å². The van der Waals surface area contributed by atoms with Crippen molar-refractivity contribution >= 4 is 39.5 Å². The van der Waals surface area contributed by atoms with Gasteiger partial charge in [-0.25, -0.2) is 13.4 Å². The third-order valence-electron chi connectivity index (χ3n) is 3.12. The lowest BCUT2D eigenvalue weighted by Crippen LogP contribution is -2.24. The van der Waals surface area contributed by atoms with Crippen molar-refractivity contribution in [2.75, 3.05) is 12.8 Å². The zero-order valence-electron chi connectivity index (χ0n) is 13.2. The lowest BCUT2D eigenvalue weighted by Gasteiger charge is -2.09. The normalized spacial score (nSPS) is 10.9. The Morgan fingerprint density at radius 3 is 2.58 bits per heavy atom. The van der Waals surface area contributed by atoms with Crippen molar-refractivity contribution in [3.05, 3.63) is 51.5 Å². The van der Waals surface area contributed by atoms with E-state index in [-0.39, 0.29) is 30.6 Å². The van der Waals surface area contributed by atoms with Crippen LogP contribution < -0.4 is 11.1 Å². The van der Waals surface area contributed by atoms with Crippen LogP contribution in [0.4, 0.5) is 0 Å². The molecule has 0 radical (unpaired) electrons. The van der Waals surface area contributed by atoms with Crippen molar-refractivity contribution < 1.29 is 13.2 Å². The lowest BCUT2D eigenvalue weighted by atomic mass is 10.1. The van der Waals surface area contributed by atoms with Crippen LogP contribution in [0.25, 0.3) is 0 Å². The first kappa shape index (κ1) is 20.6.